The molecule has 2 atom stereocenters. The minimum Gasteiger partial charge on any atom is -0.489 e. The number of halogens is 1. The molecule has 0 radical (unpaired) electrons. The molecule has 0 saturated carbocycles. The van der Waals surface area contributed by atoms with Gasteiger partial charge >= 0.3 is 0 Å². The Labute approximate surface area is 170 Å². The molecule has 8 nitrogen and oxygen atoms in total. The maximum atomic E-state index is 13.6. The van der Waals surface area contributed by atoms with Crippen LogP contribution in [0.4, 0.5) is 4.39 Å². The van der Waals surface area contributed by atoms with Crippen LogP contribution in [0.25, 0.3) is 0 Å². The van der Waals surface area contributed by atoms with Gasteiger partial charge in [-0.25, -0.2) is 17.1 Å². The number of nitrogens with zero attached hydrogens (tertiary/aromatic N) is 2. The smallest absolute Gasteiger partial charge is 0.224 e. The minimum atomic E-state index is -3.63. The Kier molecular flexibility index (Phi) is 6.77. The summed E-state index contributed by atoms with van der Waals surface area (Å²) in [5, 5.41) is 9.99. The van der Waals surface area contributed by atoms with Gasteiger partial charge in [-0.15, -0.1) is 0 Å². The van der Waals surface area contributed by atoms with Crippen molar-refractivity contribution in [3.63, 3.8) is 0 Å². The molecule has 2 fully saturated rings. The molecule has 2 saturated heterocycles. The number of hydrogen-bond donors (Lipinski definition) is 1. The van der Waals surface area contributed by atoms with Crippen LogP contribution in [0, 0.1) is 17.2 Å². The van der Waals surface area contributed by atoms with Crippen molar-refractivity contribution in [3.05, 3.63) is 30.1 Å². The highest BCUT2D eigenvalue weighted by molar-refractivity contribution is 7.89. The van der Waals surface area contributed by atoms with Crippen molar-refractivity contribution in [1.82, 2.24) is 9.21 Å². The first-order valence-corrected chi connectivity index (χ1v) is 11.1. The standard InChI is InChI=1S/C19H27FN2O6S/c1-27-7-6-18(24)21-10-15-11-22(13-19(15,12-21)14-23)29(25,26)9-8-28-17-5-3-2-4-16(17)20/h2-5,15,23H,6-14H2,1H3. The number of hydrogen-bond acceptors (Lipinski definition) is 6. The molecule has 0 bridgehead atoms. The number of carbonyl (C=O) groups is 1. The molecule has 3 rings (SSSR count). The van der Waals surface area contributed by atoms with E-state index in [4.69, 9.17) is 9.47 Å². The molecule has 10 heteroatoms. The van der Waals surface area contributed by atoms with Crippen LogP contribution in [0.1, 0.15) is 6.42 Å². The quantitative estimate of drug-likeness (QED) is 0.606. The van der Waals surface area contributed by atoms with Gasteiger partial charge in [0.15, 0.2) is 11.6 Å². The van der Waals surface area contributed by atoms with Crippen LogP contribution in [0.2, 0.25) is 0 Å². The molecule has 2 aliphatic heterocycles. The SMILES string of the molecule is COCCC(=O)N1CC2CN(S(=O)(=O)CCOc3ccccc3F)CC2(CO)C1. The second-order valence-corrected chi connectivity index (χ2v) is 9.71. The lowest BCUT2D eigenvalue weighted by atomic mass is 9.82. The first-order valence-electron chi connectivity index (χ1n) is 9.54. The van der Waals surface area contributed by atoms with E-state index in [9.17, 15) is 22.7 Å². The summed E-state index contributed by atoms with van der Waals surface area (Å²) in [6, 6.07) is 5.83. The number of ether oxygens (including phenoxy) is 2. The maximum Gasteiger partial charge on any atom is 0.224 e. The predicted octanol–water partition coefficient (Wildman–Crippen LogP) is 0.324. The highest BCUT2D eigenvalue weighted by Gasteiger charge is 2.55. The number of methoxy groups -OCH3 is 1. The van der Waals surface area contributed by atoms with Crippen molar-refractivity contribution in [1.29, 1.82) is 0 Å². The van der Waals surface area contributed by atoms with Gasteiger partial charge in [-0.1, -0.05) is 12.1 Å². The highest BCUT2D eigenvalue weighted by atomic mass is 32.2. The zero-order chi connectivity index (χ0) is 21.1. The fourth-order valence-electron chi connectivity index (χ4n) is 4.05. The molecule has 162 valence electrons. The summed E-state index contributed by atoms with van der Waals surface area (Å²) in [7, 11) is -2.11. The Balaban J connectivity index is 1.58. The van der Waals surface area contributed by atoms with E-state index in [0.717, 1.165) is 0 Å². The summed E-state index contributed by atoms with van der Waals surface area (Å²) in [5.41, 5.74) is -0.651. The molecule has 0 aromatic heterocycles. The largest absolute Gasteiger partial charge is 0.489 e. The monoisotopic (exact) mass is 430 g/mol. The molecule has 2 unspecified atom stereocenters. The van der Waals surface area contributed by atoms with Gasteiger partial charge < -0.3 is 19.5 Å². The summed E-state index contributed by atoms with van der Waals surface area (Å²) in [5.74, 6) is -0.995. The number of likely N-dealkylation sites (tertiary alicyclic amines) is 1. The molecule has 1 aromatic rings. The Hall–Kier alpha value is -1.75. The number of rotatable bonds is 9. The van der Waals surface area contributed by atoms with Crippen LogP contribution in [-0.4, -0.2) is 87.5 Å². The number of fused-ring (bicyclic) bond motifs is 1. The van der Waals surface area contributed by atoms with Crippen molar-refractivity contribution in [2.75, 3.05) is 58.9 Å². The molecule has 0 spiro atoms. The van der Waals surface area contributed by atoms with E-state index in [0.29, 0.717) is 19.7 Å². The third-order valence-corrected chi connectivity index (χ3v) is 7.49. The third-order valence-electron chi connectivity index (χ3n) is 5.74. The van der Waals surface area contributed by atoms with Gasteiger partial charge in [0, 0.05) is 44.6 Å². The second-order valence-electron chi connectivity index (χ2n) is 7.62. The number of para-hydroxylation sites is 1. The normalized spacial score (nSPS) is 24.7. The molecular weight excluding hydrogens is 403 g/mol. The van der Waals surface area contributed by atoms with Crippen molar-refractivity contribution in [3.8, 4) is 5.75 Å². The van der Waals surface area contributed by atoms with E-state index in [1.807, 2.05) is 0 Å². The average Bonchev–Trinajstić information content (AvgIpc) is 3.23. The maximum absolute atomic E-state index is 13.6. The summed E-state index contributed by atoms with van der Waals surface area (Å²) in [6.07, 6.45) is 0.264. The summed E-state index contributed by atoms with van der Waals surface area (Å²) >= 11 is 0. The zero-order valence-electron chi connectivity index (χ0n) is 16.4. The van der Waals surface area contributed by atoms with Gasteiger partial charge in [0.05, 0.1) is 25.4 Å². The minimum absolute atomic E-state index is 0.0121. The molecule has 2 aliphatic rings. The van der Waals surface area contributed by atoms with Crippen molar-refractivity contribution in [2.45, 2.75) is 6.42 Å². The topological polar surface area (TPSA) is 96.4 Å². The van der Waals surface area contributed by atoms with Gasteiger partial charge in [0.1, 0.15) is 6.61 Å². The van der Waals surface area contributed by atoms with E-state index in [2.05, 4.69) is 0 Å². The molecule has 2 heterocycles. The van der Waals surface area contributed by atoms with E-state index in [-0.39, 0.29) is 56.1 Å². The number of carbonyl (C=O) groups excluding carboxylic acids is 1. The van der Waals surface area contributed by atoms with Gasteiger partial charge in [-0.05, 0) is 12.1 Å². The number of aliphatic hydroxyl groups excluding tert-OH is 1. The Bertz CT molecular complexity index is 836. The number of sulfonamides is 1. The second kappa shape index (κ2) is 8.95. The Morgan fingerprint density at radius 1 is 1.28 bits per heavy atom. The van der Waals surface area contributed by atoms with Gasteiger partial charge in [0.25, 0.3) is 0 Å². The third kappa shape index (κ3) is 4.71. The number of aliphatic hydroxyl groups is 1. The fourth-order valence-corrected chi connectivity index (χ4v) is 5.46. The lowest BCUT2D eigenvalue weighted by Crippen LogP contribution is -2.41. The molecule has 1 amide bonds. The predicted molar refractivity (Wildman–Crippen MR) is 103 cm³/mol. The van der Waals surface area contributed by atoms with Crippen LogP contribution in [0.15, 0.2) is 24.3 Å². The first kappa shape index (κ1) is 21.9. The summed E-state index contributed by atoms with van der Waals surface area (Å²) in [4.78, 5) is 13.9. The van der Waals surface area contributed by atoms with Crippen LogP contribution in [0.5, 0.6) is 5.75 Å². The van der Waals surface area contributed by atoms with Crippen molar-refractivity contribution < 1.29 is 32.2 Å². The van der Waals surface area contributed by atoms with Gasteiger partial charge in [-0.3, -0.25) is 4.79 Å². The number of benzene rings is 1. The van der Waals surface area contributed by atoms with Crippen LogP contribution < -0.4 is 4.74 Å². The fraction of sp³-hybridized carbons (Fsp3) is 0.632. The average molecular weight is 430 g/mol. The molecular formula is C19H27FN2O6S. The van der Waals surface area contributed by atoms with Crippen LogP contribution in [0.3, 0.4) is 0 Å². The highest BCUT2D eigenvalue weighted by Crippen LogP contribution is 2.43. The summed E-state index contributed by atoms with van der Waals surface area (Å²) < 4.78 is 50.6. The lowest BCUT2D eigenvalue weighted by Gasteiger charge is -2.27. The van der Waals surface area contributed by atoms with Gasteiger partial charge in [-0.2, -0.15) is 0 Å². The van der Waals surface area contributed by atoms with E-state index >= 15 is 0 Å². The van der Waals surface area contributed by atoms with E-state index in [1.54, 1.807) is 11.0 Å². The summed E-state index contributed by atoms with van der Waals surface area (Å²) in [6.45, 7) is 1.12. The van der Waals surface area contributed by atoms with Crippen LogP contribution in [-0.2, 0) is 19.6 Å². The molecule has 29 heavy (non-hydrogen) atoms. The Morgan fingerprint density at radius 3 is 2.69 bits per heavy atom. The van der Waals surface area contributed by atoms with Crippen LogP contribution >= 0.6 is 0 Å². The first-order chi connectivity index (χ1) is 13.8. The van der Waals surface area contributed by atoms with E-state index < -0.39 is 21.3 Å². The van der Waals surface area contributed by atoms with Gasteiger partial charge in [0.2, 0.25) is 15.9 Å². The molecule has 0 aliphatic carbocycles. The van der Waals surface area contributed by atoms with E-state index in [1.165, 1.54) is 29.6 Å². The van der Waals surface area contributed by atoms with Crippen molar-refractivity contribution >= 4 is 15.9 Å². The lowest BCUT2D eigenvalue weighted by molar-refractivity contribution is -0.131. The zero-order valence-corrected chi connectivity index (χ0v) is 17.2. The number of amides is 1. The Morgan fingerprint density at radius 2 is 2.03 bits per heavy atom. The van der Waals surface area contributed by atoms with Crippen molar-refractivity contribution in [2.24, 2.45) is 11.3 Å². The molecule has 1 aromatic carbocycles. The molecule has 1 N–H and O–H groups in total.